The fraction of sp³-hybridized carbons (Fsp3) is 0.0270. The van der Waals surface area contributed by atoms with Crippen molar-refractivity contribution >= 4 is 38.9 Å². The lowest BCUT2D eigenvalue weighted by atomic mass is 9.65. The van der Waals surface area contributed by atoms with Crippen molar-refractivity contribution in [1.82, 2.24) is 4.57 Å². The van der Waals surface area contributed by atoms with Gasteiger partial charge < -0.3 is 9.47 Å². The molecule has 0 saturated carbocycles. The van der Waals surface area contributed by atoms with Crippen LogP contribution in [0, 0.1) is 0 Å². The van der Waals surface area contributed by atoms with Crippen molar-refractivity contribution in [3.05, 3.63) is 324 Å². The first-order chi connectivity index (χ1) is 37.7. The Hall–Kier alpha value is -9.76. The van der Waals surface area contributed by atoms with Crippen molar-refractivity contribution in [2.75, 3.05) is 4.90 Å². The minimum atomic E-state index is -0.546. The van der Waals surface area contributed by atoms with E-state index in [1.54, 1.807) is 0 Å². The smallest absolute Gasteiger partial charge is 0.0754 e. The Bertz CT molecular complexity index is 4570. The van der Waals surface area contributed by atoms with Crippen LogP contribution in [0.4, 0.5) is 17.1 Å². The Morgan fingerprint density at radius 2 is 0.737 bits per heavy atom. The molecule has 0 bridgehead atoms. The van der Waals surface area contributed by atoms with Gasteiger partial charge in [-0.25, -0.2) is 0 Å². The van der Waals surface area contributed by atoms with Crippen LogP contribution >= 0.6 is 0 Å². The predicted molar refractivity (Wildman–Crippen MR) is 313 cm³/mol. The number of fused-ring (bicyclic) bond motifs is 22. The third-order valence-corrected chi connectivity index (χ3v) is 17.6. The van der Waals surface area contributed by atoms with Gasteiger partial charge in [-0.2, -0.15) is 0 Å². The summed E-state index contributed by atoms with van der Waals surface area (Å²) in [5.74, 6) is 0. The van der Waals surface area contributed by atoms with E-state index in [2.05, 4.69) is 289 Å². The highest BCUT2D eigenvalue weighted by atomic mass is 15.1. The molecule has 0 amide bonds. The summed E-state index contributed by atoms with van der Waals surface area (Å²) in [6, 6.07) is 105. The van der Waals surface area contributed by atoms with Crippen LogP contribution in [0.1, 0.15) is 44.5 Å². The minimum absolute atomic E-state index is 0.469. The molecule has 76 heavy (non-hydrogen) atoms. The summed E-state index contributed by atoms with van der Waals surface area (Å²) in [5.41, 5.74) is 29.1. The molecule has 352 valence electrons. The molecule has 4 aliphatic rings. The maximum absolute atomic E-state index is 2.53. The van der Waals surface area contributed by atoms with Gasteiger partial charge in [-0.1, -0.05) is 231 Å². The number of hydrogen-bond donors (Lipinski definition) is 0. The van der Waals surface area contributed by atoms with Crippen LogP contribution in [0.15, 0.2) is 279 Å². The lowest BCUT2D eigenvalue weighted by molar-refractivity contribution is 0.749. The topological polar surface area (TPSA) is 8.17 Å². The number of rotatable bonds is 5. The van der Waals surface area contributed by atoms with Crippen molar-refractivity contribution in [1.29, 1.82) is 0 Å². The Labute approximate surface area is 441 Å². The summed E-state index contributed by atoms with van der Waals surface area (Å²) in [5, 5.41) is 2.57. The van der Waals surface area contributed by atoms with Gasteiger partial charge in [0.1, 0.15) is 0 Å². The van der Waals surface area contributed by atoms with E-state index in [0.717, 1.165) is 22.6 Å². The van der Waals surface area contributed by atoms with Gasteiger partial charge in [0.25, 0.3) is 0 Å². The standard InChI is InChI=1S/C74H46N2/c1-2-20-47(21-3-1)48-22-16-24-51(44-48)75(70-41-19-37-65-71(70)59-30-7-12-35-63(59)73(65)60-32-9-4-26-53(60)54-27-5-10-33-61(54)73)52-25-17-23-49(45-52)50-42-43-56-55-28-6-11-34-62(55)74(67(56)46-50)64-36-13-15-40-69(64)76-68-39-14-8-29-57(68)58-31-18-38-66(74)72(58)76/h1-46H. The van der Waals surface area contributed by atoms with E-state index in [0.29, 0.717) is 0 Å². The van der Waals surface area contributed by atoms with Gasteiger partial charge in [-0.3, -0.25) is 0 Å². The van der Waals surface area contributed by atoms with Crippen molar-refractivity contribution in [3.63, 3.8) is 0 Å². The molecule has 0 saturated heterocycles. The van der Waals surface area contributed by atoms with Crippen LogP contribution in [0.5, 0.6) is 0 Å². The highest BCUT2D eigenvalue weighted by Crippen LogP contribution is 2.65. The first-order valence-electron chi connectivity index (χ1n) is 26.6. The van der Waals surface area contributed by atoms with E-state index in [4.69, 9.17) is 0 Å². The maximum atomic E-state index is 2.53. The molecule has 2 heterocycles. The predicted octanol–water partition coefficient (Wildman–Crippen LogP) is 18.6. The van der Waals surface area contributed by atoms with Crippen molar-refractivity contribution in [2.45, 2.75) is 10.8 Å². The average Bonchev–Trinajstić information content (AvgIpc) is 4.37. The summed E-state index contributed by atoms with van der Waals surface area (Å²) in [6.07, 6.45) is 0. The van der Waals surface area contributed by atoms with Crippen LogP contribution in [-0.2, 0) is 10.8 Å². The first kappa shape index (κ1) is 41.7. The molecule has 1 atom stereocenters. The first-order valence-corrected chi connectivity index (χ1v) is 26.6. The molecular weight excluding hydrogens is 917 g/mol. The summed E-state index contributed by atoms with van der Waals surface area (Å²) in [6.45, 7) is 0. The number of benzene rings is 12. The normalized spacial score (nSPS) is 15.3. The molecule has 0 N–H and O–H groups in total. The van der Waals surface area contributed by atoms with Gasteiger partial charge in [-0.05, 0) is 143 Å². The fourth-order valence-corrected chi connectivity index (χ4v) is 14.8. The molecule has 2 nitrogen and oxygen atoms in total. The highest BCUT2D eigenvalue weighted by molar-refractivity contribution is 6.13. The minimum Gasteiger partial charge on any atom is -0.310 e. The zero-order valence-corrected chi connectivity index (χ0v) is 41.5. The number of nitrogens with zero attached hydrogens (tertiary/aromatic N) is 2. The monoisotopic (exact) mass is 962 g/mol. The van der Waals surface area contributed by atoms with Gasteiger partial charge in [0.15, 0.2) is 0 Å². The average molecular weight is 963 g/mol. The lowest BCUT2D eigenvalue weighted by Crippen LogP contribution is -2.33. The van der Waals surface area contributed by atoms with Gasteiger partial charge in [0.05, 0.1) is 33.2 Å². The summed E-state index contributed by atoms with van der Waals surface area (Å²) >= 11 is 0. The molecule has 0 fully saturated rings. The van der Waals surface area contributed by atoms with Crippen LogP contribution in [0.25, 0.3) is 83.1 Å². The molecule has 1 aromatic heterocycles. The molecule has 2 spiro atoms. The molecule has 3 aliphatic carbocycles. The summed E-state index contributed by atoms with van der Waals surface area (Å²) in [4.78, 5) is 2.53. The van der Waals surface area contributed by atoms with Crippen LogP contribution < -0.4 is 4.90 Å². The third kappa shape index (κ3) is 5.25. The van der Waals surface area contributed by atoms with E-state index in [1.807, 2.05) is 0 Å². The van der Waals surface area contributed by atoms with Gasteiger partial charge in [0.2, 0.25) is 0 Å². The van der Waals surface area contributed by atoms with E-state index in [-0.39, 0.29) is 0 Å². The lowest BCUT2D eigenvalue weighted by Gasteiger charge is -2.39. The zero-order valence-electron chi connectivity index (χ0n) is 41.5. The number of aromatic nitrogens is 1. The highest BCUT2D eigenvalue weighted by Gasteiger charge is 2.53. The van der Waals surface area contributed by atoms with E-state index in [9.17, 15) is 0 Å². The van der Waals surface area contributed by atoms with Crippen molar-refractivity contribution in [3.8, 4) is 61.3 Å². The molecule has 2 heteroatoms. The van der Waals surface area contributed by atoms with E-state index in [1.165, 1.54) is 122 Å². The second-order valence-electron chi connectivity index (χ2n) is 21.0. The fourth-order valence-electron chi connectivity index (χ4n) is 14.8. The molecule has 12 aromatic carbocycles. The van der Waals surface area contributed by atoms with E-state index >= 15 is 0 Å². The number of hydrogen-bond acceptors (Lipinski definition) is 1. The Morgan fingerprint density at radius 3 is 1.43 bits per heavy atom. The summed E-state index contributed by atoms with van der Waals surface area (Å²) in [7, 11) is 0. The Morgan fingerprint density at radius 1 is 0.276 bits per heavy atom. The van der Waals surface area contributed by atoms with Gasteiger partial charge >= 0.3 is 0 Å². The van der Waals surface area contributed by atoms with Crippen LogP contribution in [0.3, 0.4) is 0 Å². The van der Waals surface area contributed by atoms with Crippen LogP contribution in [0.2, 0.25) is 0 Å². The van der Waals surface area contributed by atoms with Crippen molar-refractivity contribution < 1.29 is 0 Å². The molecule has 17 rings (SSSR count). The van der Waals surface area contributed by atoms with Crippen LogP contribution in [-0.4, -0.2) is 4.57 Å². The maximum Gasteiger partial charge on any atom is 0.0754 e. The zero-order chi connectivity index (χ0) is 49.7. The SMILES string of the molecule is c1ccc(-c2cccc(N(c3cccc(-c4ccc5c(c4)C4(c6ccccc6-5)c5ccccc5-n5c6ccccc6c6cccc4c65)c3)c3cccc4c3-c3ccccc3C43c4ccccc4-c4ccccc43)c2)cc1. The third-order valence-electron chi connectivity index (χ3n) is 17.6. The second kappa shape index (κ2) is 15.4. The molecule has 0 radical (unpaired) electrons. The molecular formula is C74H46N2. The van der Waals surface area contributed by atoms with Gasteiger partial charge in [-0.15, -0.1) is 0 Å². The Kier molecular flexibility index (Phi) is 8.44. The molecule has 13 aromatic rings. The number of anilines is 3. The molecule has 1 unspecified atom stereocenters. The van der Waals surface area contributed by atoms with E-state index < -0.39 is 10.8 Å². The Balaban J connectivity index is 0.901. The summed E-state index contributed by atoms with van der Waals surface area (Å²) < 4.78 is 2.53. The quantitative estimate of drug-likeness (QED) is 0.167. The largest absolute Gasteiger partial charge is 0.310 e. The number of para-hydroxylation sites is 3. The van der Waals surface area contributed by atoms with Gasteiger partial charge in [0, 0.05) is 27.7 Å². The second-order valence-corrected chi connectivity index (χ2v) is 21.0. The molecule has 1 aliphatic heterocycles. The van der Waals surface area contributed by atoms with Crippen molar-refractivity contribution in [2.24, 2.45) is 0 Å².